The Morgan fingerprint density at radius 2 is 1.83 bits per heavy atom. The average molecular weight is 241 g/mol. The number of fused-ring (bicyclic) bond motifs is 1. The van der Waals surface area contributed by atoms with Crippen molar-refractivity contribution in [3.05, 3.63) is 42.1 Å². The number of pyridine rings is 1. The highest BCUT2D eigenvalue weighted by atomic mass is 15.5. The summed E-state index contributed by atoms with van der Waals surface area (Å²) in [7, 11) is 0. The number of hydrazine groups is 1. The molecular formula is C15H19N3. The summed E-state index contributed by atoms with van der Waals surface area (Å²) in [6, 6.07) is 12.5. The summed E-state index contributed by atoms with van der Waals surface area (Å²) < 4.78 is 0. The molecule has 0 unspecified atom stereocenters. The van der Waals surface area contributed by atoms with E-state index in [2.05, 4.69) is 45.8 Å². The van der Waals surface area contributed by atoms with Gasteiger partial charge in [-0.2, -0.15) is 0 Å². The SMILES string of the molecule is c1ccc2nc(CNN3CCCCC3)ccc2c1. The fourth-order valence-corrected chi connectivity index (χ4v) is 2.45. The number of nitrogens with one attached hydrogen (secondary N) is 1. The number of piperidine rings is 1. The van der Waals surface area contributed by atoms with Crippen molar-refractivity contribution in [2.75, 3.05) is 13.1 Å². The van der Waals surface area contributed by atoms with Crippen LogP contribution in [0.1, 0.15) is 25.0 Å². The van der Waals surface area contributed by atoms with E-state index in [-0.39, 0.29) is 0 Å². The molecule has 1 aliphatic heterocycles. The molecule has 1 N–H and O–H groups in total. The second-order valence-electron chi connectivity index (χ2n) is 4.88. The van der Waals surface area contributed by atoms with Gasteiger partial charge < -0.3 is 0 Å². The maximum atomic E-state index is 4.67. The van der Waals surface area contributed by atoms with Gasteiger partial charge >= 0.3 is 0 Å². The van der Waals surface area contributed by atoms with Crippen LogP contribution in [0, 0.1) is 0 Å². The van der Waals surface area contributed by atoms with Crippen molar-refractivity contribution >= 4 is 10.9 Å². The summed E-state index contributed by atoms with van der Waals surface area (Å²) in [5.74, 6) is 0. The molecule has 0 atom stereocenters. The maximum Gasteiger partial charge on any atom is 0.0705 e. The number of benzene rings is 1. The van der Waals surface area contributed by atoms with Crippen LogP contribution in [-0.4, -0.2) is 23.1 Å². The second-order valence-corrected chi connectivity index (χ2v) is 4.88. The first-order valence-corrected chi connectivity index (χ1v) is 6.75. The first-order chi connectivity index (χ1) is 8.92. The first-order valence-electron chi connectivity index (χ1n) is 6.75. The lowest BCUT2D eigenvalue weighted by Gasteiger charge is -2.26. The van der Waals surface area contributed by atoms with Gasteiger partial charge in [0.15, 0.2) is 0 Å². The number of hydrogen-bond donors (Lipinski definition) is 1. The van der Waals surface area contributed by atoms with E-state index in [1.807, 2.05) is 6.07 Å². The number of aromatic nitrogens is 1. The molecule has 3 heteroatoms. The maximum absolute atomic E-state index is 4.67. The van der Waals surface area contributed by atoms with E-state index in [1.54, 1.807) is 0 Å². The van der Waals surface area contributed by atoms with E-state index in [1.165, 1.54) is 24.6 Å². The lowest BCUT2D eigenvalue weighted by molar-refractivity contribution is 0.150. The Bertz CT molecular complexity index is 518. The minimum absolute atomic E-state index is 0.824. The summed E-state index contributed by atoms with van der Waals surface area (Å²) in [5, 5.41) is 3.53. The third kappa shape index (κ3) is 2.68. The molecule has 1 aromatic heterocycles. The molecule has 2 aromatic rings. The molecule has 0 saturated carbocycles. The summed E-state index contributed by atoms with van der Waals surface area (Å²) in [5.41, 5.74) is 5.66. The molecule has 18 heavy (non-hydrogen) atoms. The molecule has 94 valence electrons. The van der Waals surface area contributed by atoms with Gasteiger partial charge in [0, 0.05) is 18.5 Å². The van der Waals surface area contributed by atoms with Gasteiger partial charge in [0.1, 0.15) is 0 Å². The zero-order chi connectivity index (χ0) is 12.2. The van der Waals surface area contributed by atoms with Gasteiger partial charge in [0.05, 0.1) is 17.8 Å². The lowest BCUT2D eigenvalue weighted by atomic mass is 10.2. The Labute approximate surface area is 108 Å². The van der Waals surface area contributed by atoms with Crippen molar-refractivity contribution in [2.45, 2.75) is 25.8 Å². The minimum Gasteiger partial charge on any atom is -0.251 e. The standard InChI is InChI=1S/C15H19N3/c1-4-10-18(11-5-1)16-12-14-9-8-13-6-2-3-7-15(13)17-14/h2-3,6-9,16H,1,4-5,10-12H2. The van der Waals surface area contributed by atoms with Crippen LogP contribution < -0.4 is 5.43 Å². The fraction of sp³-hybridized carbons (Fsp3) is 0.400. The summed E-state index contributed by atoms with van der Waals surface area (Å²) in [4.78, 5) is 4.67. The zero-order valence-electron chi connectivity index (χ0n) is 10.6. The Kier molecular flexibility index (Phi) is 3.53. The van der Waals surface area contributed by atoms with Crippen molar-refractivity contribution in [1.29, 1.82) is 0 Å². The molecular weight excluding hydrogens is 222 g/mol. The van der Waals surface area contributed by atoms with E-state index >= 15 is 0 Å². The van der Waals surface area contributed by atoms with E-state index in [4.69, 9.17) is 0 Å². The molecule has 0 radical (unpaired) electrons. The van der Waals surface area contributed by atoms with Gasteiger partial charge in [-0.15, -0.1) is 0 Å². The Morgan fingerprint density at radius 3 is 2.72 bits per heavy atom. The topological polar surface area (TPSA) is 28.2 Å². The highest BCUT2D eigenvalue weighted by Gasteiger charge is 2.09. The van der Waals surface area contributed by atoms with Gasteiger partial charge in [-0.05, 0) is 25.0 Å². The molecule has 2 heterocycles. The van der Waals surface area contributed by atoms with Crippen molar-refractivity contribution in [2.24, 2.45) is 0 Å². The van der Waals surface area contributed by atoms with Gasteiger partial charge in [0.2, 0.25) is 0 Å². The van der Waals surface area contributed by atoms with Gasteiger partial charge in [-0.25, -0.2) is 10.4 Å². The predicted molar refractivity (Wildman–Crippen MR) is 74.0 cm³/mol. The Hall–Kier alpha value is -1.45. The highest BCUT2D eigenvalue weighted by molar-refractivity contribution is 5.78. The zero-order valence-corrected chi connectivity index (χ0v) is 10.6. The molecule has 0 aliphatic carbocycles. The summed E-state index contributed by atoms with van der Waals surface area (Å²) >= 11 is 0. The smallest absolute Gasteiger partial charge is 0.0705 e. The van der Waals surface area contributed by atoms with Gasteiger partial charge in [-0.3, -0.25) is 4.98 Å². The molecule has 0 bridgehead atoms. The van der Waals surface area contributed by atoms with Crippen molar-refractivity contribution < 1.29 is 0 Å². The molecule has 1 fully saturated rings. The van der Waals surface area contributed by atoms with Gasteiger partial charge in [-0.1, -0.05) is 30.7 Å². The van der Waals surface area contributed by atoms with E-state index in [0.717, 1.165) is 30.8 Å². The van der Waals surface area contributed by atoms with Crippen molar-refractivity contribution in [3.63, 3.8) is 0 Å². The fourth-order valence-electron chi connectivity index (χ4n) is 2.45. The van der Waals surface area contributed by atoms with Crippen LogP contribution in [0.4, 0.5) is 0 Å². The van der Waals surface area contributed by atoms with Gasteiger partial charge in [0.25, 0.3) is 0 Å². The molecule has 1 saturated heterocycles. The van der Waals surface area contributed by atoms with E-state index < -0.39 is 0 Å². The lowest BCUT2D eigenvalue weighted by Crippen LogP contribution is -2.41. The predicted octanol–water partition coefficient (Wildman–Crippen LogP) is 2.73. The van der Waals surface area contributed by atoms with Crippen LogP contribution >= 0.6 is 0 Å². The van der Waals surface area contributed by atoms with Crippen LogP contribution in [0.15, 0.2) is 36.4 Å². The second kappa shape index (κ2) is 5.46. The van der Waals surface area contributed by atoms with E-state index in [9.17, 15) is 0 Å². The molecule has 3 nitrogen and oxygen atoms in total. The highest BCUT2D eigenvalue weighted by Crippen LogP contribution is 2.12. The monoisotopic (exact) mass is 241 g/mol. The van der Waals surface area contributed by atoms with Crippen molar-refractivity contribution in [1.82, 2.24) is 15.4 Å². The first kappa shape index (κ1) is 11.6. The van der Waals surface area contributed by atoms with E-state index in [0.29, 0.717) is 0 Å². The van der Waals surface area contributed by atoms with Crippen LogP contribution in [-0.2, 0) is 6.54 Å². The third-order valence-corrected chi connectivity index (χ3v) is 3.50. The molecule has 0 spiro atoms. The largest absolute Gasteiger partial charge is 0.251 e. The number of hydrogen-bond acceptors (Lipinski definition) is 3. The summed E-state index contributed by atoms with van der Waals surface area (Å²) in [6.07, 6.45) is 3.97. The van der Waals surface area contributed by atoms with Crippen molar-refractivity contribution in [3.8, 4) is 0 Å². The van der Waals surface area contributed by atoms with Crippen LogP contribution in [0.5, 0.6) is 0 Å². The normalized spacial score (nSPS) is 17.1. The third-order valence-electron chi connectivity index (χ3n) is 3.50. The Balaban J connectivity index is 1.66. The van der Waals surface area contributed by atoms with Crippen LogP contribution in [0.25, 0.3) is 10.9 Å². The number of para-hydroxylation sites is 1. The van der Waals surface area contributed by atoms with Crippen LogP contribution in [0.2, 0.25) is 0 Å². The Morgan fingerprint density at radius 1 is 1.00 bits per heavy atom. The number of nitrogens with zero attached hydrogens (tertiary/aromatic N) is 2. The molecule has 1 aliphatic rings. The molecule has 0 amide bonds. The minimum atomic E-state index is 0.824. The van der Waals surface area contributed by atoms with Crippen LogP contribution in [0.3, 0.4) is 0 Å². The number of rotatable bonds is 3. The summed E-state index contributed by atoms with van der Waals surface area (Å²) in [6.45, 7) is 3.14. The molecule has 3 rings (SSSR count). The molecule has 1 aromatic carbocycles. The quantitative estimate of drug-likeness (QED) is 0.895. The average Bonchev–Trinajstić information content (AvgIpc) is 2.46.